The highest BCUT2D eigenvalue weighted by Crippen LogP contribution is 2.44. The number of nitro benzene ring substituents is 1. The van der Waals surface area contributed by atoms with Gasteiger partial charge >= 0.3 is 5.97 Å². The van der Waals surface area contributed by atoms with Gasteiger partial charge in [0.1, 0.15) is 84.5 Å². The van der Waals surface area contributed by atoms with Gasteiger partial charge < -0.3 is 80.0 Å². The second-order valence-corrected chi connectivity index (χ2v) is 24.6. The van der Waals surface area contributed by atoms with Crippen molar-refractivity contribution in [3.63, 3.8) is 0 Å². The number of anilines is 2. The number of amides is 3. The van der Waals surface area contributed by atoms with E-state index in [1.807, 2.05) is 98.1 Å². The number of carbonyl (C=O) groups excluding carboxylic acids is 3. The first-order valence-corrected chi connectivity index (χ1v) is 33.2. The maximum absolute atomic E-state index is 14.0. The molecular weight excluding hydrogens is 1320 g/mol. The first-order chi connectivity index (χ1) is 49.1. The summed E-state index contributed by atoms with van der Waals surface area (Å²) in [6.45, 7) is 1.61. The number of nitrogens with two attached hydrogens (primary N) is 1. The number of aromatic nitrogens is 3. The molecule has 31 heteroatoms. The zero-order chi connectivity index (χ0) is 73.0. The molecule has 0 spiro atoms. The van der Waals surface area contributed by atoms with Crippen LogP contribution >= 0.6 is 0 Å². The lowest BCUT2D eigenvalue weighted by atomic mass is 9.89. The maximum Gasteiger partial charge on any atom is 0.336 e. The van der Waals surface area contributed by atoms with Crippen LogP contribution in [0.15, 0.2) is 146 Å². The Morgan fingerprint density at radius 2 is 1.44 bits per heavy atom. The lowest BCUT2D eigenvalue weighted by molar-refractivity contribution is -0.384. The molecule has 3 heterocycles. The predicted molar refractivity (Wildman–Crippen MR) is 378 cm³/mol. The van der Waals surface area contributed by atoms with Gasteiger partial charge in [0.15, 0.2) is 6.29 Å². The molecule has 6 atom stereocenters. The van der Waals surface area contributed by atoms with E-state index in [4.69, 9.17) is 33.8 Å². The SMILES string of the molecule is COc1cc(N=Nc2ccc([N+](=O)[O-])cc2)c(OC)cc1N=Nc1ccc(N(C)CCCC(=O)NCCCO[C@@H]2O[C@H](COCc3cn(CCCNC(=O)[C@@H](CCCCN)NC(=O)c4ccc(-c5c6ccc(=[N+](C)C)cc-6oc6cc(N(C)C)ccc56)c(C(=O)O)c4)nn3)[C@@H](O)[C@H](O)[C@H]2O)cc1. The average Bonchev–Trinajstić information content (AvgIpc) is 0.889. The summed E-state index contributed by atoms with van der Waals surface area (Å²) in [4.78, 5) is 68.0. The lowest BCUT2D eigenvalue weighted by Crippen LogP contribution is -2.59. The fourth-order valence-corrected chi connectivity index (χ4v) is 11.2. The first kappa shape index (κ1) is 75.5. The number of aryl methyl sites for hydroxylation is 1. The van der Waals surface area contributed by atoms with E-state index in [1.165, 1.54) is 44.6 Å². The predicted octanol–water partition coefficient (Wildman–Crippen LogP) is 7.55. The van der Waals surface area contributed by atoms with Crippen molar-refractivity contribution in [2.24, 2.45) is 26.2 Å². The summed E-state index contributed by atoms with van der Waals surface area (Å²) < 4.78 is 38.4. The van der Waals surface area contributed by atoms with E-state index in [0.717, 1.165) is 16.7 Å². The molecule has 1 aliphatic carbocycles. The van der Waals surface area contributed by atoms with Crippen molar-refractivity contribution >= 4 is 74.5 Å². The quantitative estimate of drug-likeness (QED) is 0.00474. The minimum atomic E-state index is -1.60. The van der Waals surface area contributed by atoms with Crippen molar-refractivity contribution in [3.05, 3.63) is 154 Å². The minimum absolute atomic E-state index is 0.0439. The number of benzene rings is 6. The Morgan fingerprint density at radius 3 is 2.10 bits per heavy atom. The average molecular weight is 1410 g/mol. The highest BCUT2D eigenvalue weighted by Gasteiger charge is 2.44. The molecule has 0 unspecified atom stereocenters. The standard InChI is InChI=1S/C71H85N15O16/c1-82(2)49-24-27-52-58(36-49)101-59-37-50(83(3)4)25-28-53(59)64(52)51-26-15-43(35-54(51)70(93)94)68(91)75-55(13-8-9-29-72)69(92)74-30-11-33-85-40-46(78-81-85)41-99-42-62-65(88)66(89)67(90)71(102-62)100-34-12-31-73-63(87)14-10-32-84(5)47-20-16-44(17-21-47)76-79-56-38-61(98-7)57(39-60(56)97-6)80-77-45-18-22-48(23-19-45)86(95)96/h15-28,35-40,55,62,65-67,71,88-90H,8-14,29-34,41-42,72H2,1-7H3,(H3-,73,74,75,87,91,92,93,94)/p+1/t55-,62-,65-,66+,67-,71-/m1/s1. The molecule has 9 rings (SSSR count). The van der Waals surface area contributed by atoms with Crippen LogP contribution in [-0.2, 0) is 37.0 Å². The maximum atomic E-state index is 14.0. The molecule has 6 aromatic rings. The Labute approximate surface area is 587 Å². The molecule has 1 aromatic heterocycles. The summed E-state index contributed by atoms with van der Waals surface area (Å²) >= 11 is 0. The Hall–Kier alpha value is -10.7. The van der Waals surface area contributed by atoms with Crippen LogP contribution < -0.4 is 50.9 Å². The third-order valence-electron chi connectivity index (χ3n) is 16.9. The van der Waals surface area contributed by atoms with Crippen LogP contribution in [0.4, 0.5) is 39.8 Å². The van der Waals surface area contributed by atoms with Gasteiger partial charge in [-0.1, -0.05) is 11.3 Å². The first-order valence-electron chi connectivity index (χ1n) is 33.2. The normalized spacial score (nSPS) is 16.3. The van der Waals surface area contributed by atoms with Crippen LogP contribution in [0.3, 0.4) is 0 Å². The number of aromatic carboxylic acids is 1. The lowest BCUT2D eigenvalue weighted by Gasteiger charge is -2.40. The largest absolute Gasteiger partial charge is 0.494 e. The van der Waals surface area contributed by atoms with Gasteiger partial charge in [0.25, 0.3) is 11.6 Å². The Balaban J connectivity index is 0.674. The molecule has 0 saturated carbocycles. The number of carboxylic acids is 1. The van der Waals surface area contributed by atoms with E-state index < -0.39 is 59.5 Å². The number of azo groups is 2. The number of aliphatic hydroxyl groups is 3. The molecule has 2 aliphatic heterocycles. The van der Waals surface area contributed by atoms with Crippen molar-refractivity contribution in [2.75, 3.05) is 98.7 Å². The van der Waals surface area contributed by atoms with Crippen LogP contribution in [0, 0.1) is 10.1 Å². The van der Waals surface area contributed by atoms with E-state index in [-0.39, 0.29) is 68.5 Å². The third kappa shape index (κ3) is 19.9. The third-order valence-corrected chi connectivity index (χ3v) is 16.9. The van der Waals surface area contributed by atoms with Crippen LogP contribution in [0.5, 0.6) is 11.5 Å². The molecule has 31 nitrogen and oxygen atoms in total. The minimum Gasteiger partial charge on any atom is -0.494 e. The number of hydrogen-bond acceptors (Lipinski definition) is 24. The van der Waals surface area contributed by atoms with Gasteiger partial charge in [-0.05, 0) is 117 Å². The molecule has 1 fully saturated rings. The van der Waals surface area contributed by atoms with Crippen LogP contribution in [-0.4, -0.2) is 190 Å². The second-order valence-electron chi connectivity index (χ2n) is 24.6. The van der Waals surface area contributed by atoms with Crippen molar-refractivity contribution in [3.8, 4) is 33.9 Å². The Kier molecular flexibility index (Phi) is 26.7. The van der Waals surface area contributed by atoms with Crippen molar-refractivity contribution in [2.45, 2.75) is 94.8 Å². The zero-order valence-corrected chi connectivity index (χ0v) is 57.8. The molecule has 3 amide bonds. The fraction of sp³-hybridized carbons (Fsp3) is 0.394. The number of hydrogen-bond donors (Lipinski definition) is 8. The number of unbranched alkanes of at least 4 members (excludes halogenated alkanes) is 1. The Bertz CT molecular complexity index is 4310. The second kappa shape index (κ2) is 36.1. The summed E-state index contributed by atoms with van der Waals surface area (Å²) in [5.74, 6) is -1.20. The number of rotatable bonds is 35. The number of carboxylic acid groups (broad SMARTS) is 1. The summed E-state index contributed by atoms with van der Waals surface area (Å²) in [6, 6.07) is 31.2. The Morgan fingerprint density at radius 1 is 0.765 bits per heavy atom. The summed E-state index contributed by atoms with van der Waals surface area (Å²) in [7, 11) is 12.5. The number of aliphatic hydroxyl groups excluding tert-OH is 3. The number of ether oxygens (including phenoxy) is 5. The van der Waals surface area contributed by atoms with Crippen molar-refractivity contribution in [1.82, 2.24) is 35.5 Å². The van der Waals surface area contributed by atoms with Gasteiger partial charge in [0.05, 0.1) is 68.2 Å². The summed E-state index contributed by atoms with van der Waals surface area (Å²) in [6.07, 6.45) is -2.35. The van der Waals surface area contributed by atoms with Crippen molar-refractivity contribution < 1.29 is 72.6 Å². The van der Waals surface area contributed by atoms with Gasteiger partial charge in [-0.2, -0.15) is 10.2 Å². The number of carbonyl (C=O) groups is 4. The van der Waals surface area contributed by atoms with Gasteiger partial charge in [0.2, 0.25) is 17.2 Å². The van der Waals surface area contributed by atoms with Gasteiger partial charge in [-0.25, -0.2) is 9.37 Å². The molecule has 3 aliphatic rings. The van der Waals surface area contributed by atoms with Gasteiger partial charge in [0, 0.05) is 124 Å². The smallest absolute Gasteiger partial charge is 0.336 e. The highest BCUT2D eigenvalue weighted by atomic mass is 16.7. The van der Waals surface area contributed by atoms with Crippen molar-refractivity contribution in [1.29, 1.82) is 0 Å². The number of methoxy groups -OCH3 is 2. The highest BCUT2D eigenvalue weighted by molar-refractivity contribution is 6.09. The number of nitrogens with zero attached hydrogens (tertiary/aromatic N) is 11. The fourth-order valence-electron chi connectivity index (χ4n) is 11.2. The zero-order valence-electron chi connectivity index (χ0n) is 57.8. The molecule has 102 heavy (non-hydrogen) atoms. The van der Waals surface area contributed by atoms with E-state index in [9.17, 15) is 49.7 Å². The molecule has 0 bridgehead atoms. The summed E-state index contributed by atoms with van der Waals surface area (Å²) in [5.41, 5.74) is 11.8. The monoisotopic (exact) mass is 1400 g/mol. The topological polar surface area (TPSA) is 403 Å². The molecule has 5 aromatic carbocycles. The van der Waals surface area contributed by atoms with Gasteiger partial charge in [-0.15, -0.1) is 15.3 Å². The molecule has 0 radical (unpaired) electrons. The van der Waals surface area contributed by atoms with Crippen LogP contribution in [0.2, 0.25) is 0 Å². The van der Waals surface area contributed by atoms with Crippen LogP contribution in [0.1, 0.15) is 71.4 Å². The van der Waals surface area contributed by atoms with E-state index in [2.05, 4.69) is 46.7 Å². The molecular formula is C71H86N15O16+. The number of nitrogens with one attached hydrogen (secondary N) is 3. The van der Waals surface area contributed by atoms with E-state index in [0.29, 0.717) is 125 Å². The summed E-state index contributed by atoms with van der Waals surface area (Å²) in [5, 5.41) is 89.4. The molecule has 540 valence electrons. The van der Waals surface area contributed by atoms with E-state index in [1.54, 1.807) is 47.3 Å². The molecule has 9 N–H and O–H groups in total. The number of non-ortho nitro benzene ring substituents is 1. The van der Waals surface area contributed by atoms with E-state index >= 15 is 0 Å². The molecule has 1 saturated heterocycles. The number of fused-ring (bicyclic) bond motifs is 2. The van der Waals surface area contributed by atoms with Crippen LogP contribution in [0.25, 0.3) is 33.4 Å². The number of nitro groups is 1. The van der Waals surface area contributed by atoms with Gasteiger partial charge in [-0.3, -0.25) is 29.2 Å².